The maximum absolute atomic E-state index is 12.4. The standard InChI is InChI=1S/C20H20ClN3O4/c21-15-8-4-5-9-16(15)23-20(27)19(26)22-12-18(25)24-10-11-28-17(13-24)14-6-2-1-3-7-14/h1-9,17H,10-13H2,(H,22,26)(H,23,27). The number of benzene rings is 2. The van der Waals surface area contributed by atoms with Gasteiger partial charge in [0.05, 0.1) is 30.4 Å². The number of nitrogens with one attached hydrogen (secondary N) is 2. The van der Waals surface area contributed by atoms with Gasteiger partial charge in [-0.25, -0.2) is 0 Å². The molecule has 2 N–H and O–H groups in total. The van der Waals surface area contributed by atoms with E-state index in [0.717, 1.165) is 5.56 Å². The molecule has 1 unspecified atom stereocenters. The van der Waals surface area contributed by atoms with Crippen LogP contribution in [0.3, 0.4) is 0 Å². The molecule has 2 aromatic carbocycles. The second-order valence-electron chi connectivity index (χ2n) is 6.23. The Hall–Kier alpha value is -2.90. The number of para-hydroxylation sites is 1. The van der Waals surface area contributed by atoms with Crippen LogP contribution in [0.4, 0.5) is 5.69 Å². The molecular formula is C20H20ClN3O4. The number of nitrogens with zero attached hydrogens (tertiary/aromatic N) is 1. The Bertz CT molecular complexity index is 860. The lowest BCUT2D eigenvalue weighted by atomic mass is 10.1. The fourth-order valence-electron chi connectivity index (χ4n) is 2.83. The number of anilines is 1. The Balaban J connectivity index is 1.50. The molecule has 146 valence electrons. The van der Waals surface area contributed by atoms with Crippen molar-refractivity contribution in [2.75, 3.05) is 31.6 Å². The average Bonchev–Trinajstić information content (AvgIpc) is 2.74. The zero-order valence-electron chi connectivity index (χ0n) is 15.1. The van der Waals surface area contributed by atoms with Crippen LogP contribution in [0.5, 0.6) is 0 Å². The minimum atomic E-state index is -0.902. The highest BCUT2D eigenvalue weighted by molar-refractivity contribution is 6.41. The molecule has 28 heavy (non-hydrogen) atoms. The van der Waals surface area contributed by atoms with E-state index in [0.29, 0.717) is 30.4 Å². The minimum absolute atomic E-state index is 0.210. The molecule has 0 radical (unpaired) electrons. The van der Waals surface area contributed by atoms with Gasteiger partial charge in [-0.2, -0.15) is 0 Å². The molecule has 0 spiro atoms. The second kappa shape index (κ2) is 9.34. The van der Waals surface area contributed by atoms with Crippen LogP contribution in [0.2, 0.25) is 5.02 Å². The van der Waals surface area contributed by atoms with Crippen molar-refractivity contribution in [2.45, 2.75) is 6.10 Å². The van der Waals surface area contributed by atoms with Crippen LogP contribution in [-0.2, 0) is 19.1 Å². The number of hydrogen-bond acceptors (Lipinski definition) is 4. The van der Waals surface area contributed by atoms with Crippen LogP contribution < -0.4 is 10.6 Å². The molecule has 7 nitrogen and oxygen atoms in total. The zero-order chi connectivity index (χ0) is 19.9. The van der Waals surface area contributed by atoms with Crippen molar-refractivity contribution >= 4 is 35.0 Å². The second-order valence-corrected chi connectivity index (χ2v) is 6.63. The molecule has 0 aromatic heterocycles. The zero-order valence-corrected chi connectivity index (χ0v) is 15.8. The molecule has 8 heteroatoms. The van der Waals surface area contributed by atoms with E-state index in [2.05, 4.69) is 10.6 Å². The van der Waals surface area contributed by atoms with Crippen molar-refractivity contribution in [3.63, 3.8) is 0 Å². The van der Waals surface area contributed by atoms with Crippen LogP contribution in [0.25, 0.3) is 0 Å². The number of halogens is 1. The number of ether oxygens (including phenoxy) is 1. The van der Waals surface area contributed by atoms with Gasteiger partial charge in [0.15, 0.2) is 0 Å². The van der Waals surface area contributed by atoms with Crippen LogP contribution in [0.1, 0.15) is 11.7 Å². The van der Waals surface area contributed by atoms with E-state index >= 15 is 0 Å². The molecule has 3 rings (SSSR count). The molecular weight excluding hydrogens is 382 g/mol. The number of carbonyl (C=O) groups is 3. The number of amides is 3. The van der Waals surface area contributed by atoms with Crippen LogP contribution in [0.15, 0.2) is 54.6 Å². The third-order valence-electron chi connectivity index (χ3n) is 4.32. The van der Waals surface area contributed by atoms with Gasteiger partial charge in [-0.15, -0.1) is 0 Å². The van der Waals surface area contributed by atoms with Gasteiger partial charge in [0, 0.05) is 6.54 Å². The predicted octanol–water partition coefficient (Wildman–Crippen LogP) is 1.99. The summed E-state index contributed by atoms with van der Waals surface area (Å²) in [5.74, 6) is -2.06. The quantitative estimate of drug-likeness (QED) is 0.767. The average molecular weight is 402 g/mol. The maximum Gasteiger partial charge on any atom is 0.313 e. The Labute approximate surface area is 167 Å². The lowest BCUT2D eigenvalue weighted by Gasteiger charge is -2.33. The van der Waals surface area contributed by atoms with E-state index in [1.54, 1.807) is 29.2 Å². The fourth-order valence-corrected chi connectivity index (χ4v) is 3.02. The number of hydrogen-bond donors (Lipinski definition) is 2. The van der Waals surface area contributed by atoms with E-state index in [-0.39, 0.29) is 18.6 Å². The van der Waals surface area contributed by atoms with Gasteiger partial charge in [0.25, 0.3) is 0 Å². The van der Waals surface area contributed by atoms with E-state index in [1.165, 1.54) is 0 Å². The smallest absolute Gasteiger partial charge is 0.313 e. The maximum atomic E-state index is 12.4. The summed E-state index contributed by atoms with van der Waals surface area (Å²) in [6, 6.07) is 16.2. The van der Waals surface area contributed by atoms with Crippen molar-refractivity contribution < 1.29 is 19.1 Å². The molecule has 0 aliphatic carbocycles. The fraction of sp³-hybridized carbons (Fsp3) is 0.250. The van der Waals surface area contributed by atoms with Crippen molar-refractivity contribution in [3.8, 4) is 0 Å². The number of rotatable bonds is 4. The van der Waals surface area contributed by atoms with Crippen molar-refractivity contribution in [1.29, 1.82) is 0 Å². The van der Waals surface area contributed by atoms with Gasteiger partial charge in [0.1, 0.15) is 6.10 Å². The topological polar surface area (TPSA) is 87.7 Å². The first-order valence-corrected chi connectivity index (χ1v) is 9.20. The summed E-state index contributed by atoms with van der Waals surface area (Å²) in [6.45, 7) is 0.969. The lowest BCUT2D eigenvalue weighted by molar-refractivity contribution is -0.141. The molecule has 2 aromatic rings. The normalized spacial score (nSPS) is 16.3. The first-order valence-electron chi connectivity index (χ1n) is 8.82. The highest BCUT2D eigenvalue weighted by atomic mass is 35.5. The summed E-state index contributed by atoms with van der Waals surface area (Å²) in [6.07, 6.45) is -0.210. The third-order valence-corrected chi connectivity index (χ3v) is 4.65. The number of carbonyl (C=O) groups excluding carboxylic acids is 3. The van der Waals surface area contributed by atoms with Gasteiger partial charge in [-0.05, 0) is 17.7 Å². The highest BCUT2D eigenvalue weighted by Crippen LogP contribution is 2.22. The first kappa shape index (κ1) is 19.9. The van der Waals surface area contributed by atoms with Crippen molar-refractivity contribution in [1.82, 2.24) is 10.2 Å². The SMILES string of the molecule is O=C(NCC(=O)N1CCOC(c2ccccc2)C1)C(=O)Nc1ccccc1Cl. The highest BCUT2D eigenvalue weighted by Gasteiger charge is 2.26. The minimum Gasteiger partial charge on any atom is -0.370 e. The summed E-state index contributed by atoms with van der Waals surface area (Å²) in [7, 11) is 0. The summed E-state index contributed by atoms with van der Waals surface area (Å²) in [5.41, 5.74) is 1.32. The Kier molecular flexibility index (Phi) is 6.62. The number of morpholine rings is 1. The molecule has 1 atom stereocenters. The molecule has 1 heterocycles. The van der Waals surface area contributed by atoms with Gasteiger partial charge in [-0.3, -0.25) is 14.4 Å². The molecule has 1 saturated heterocycles. The third kappa shape index (κ3) is 5.09. The van der Waals surface area contributed by atoms with E-state index < -0.39 is 11.8 Å². The Morgan fingerprint density at radius 2 is 1.75 bits per heavy atom. The summed E-state index contributed by atoms with van der Waals surface area (Å²) in [5, 5.41) is 5.08. The van der Waals surface area contributed by atoms with Gasteiger partial charge >= 0.3 is 11.8 Å². The lowest BCUT2D eigenvalue weighted by Crippen LogP contribution is -2.48. The van der Waals surface area contributed by atoms with E-state index in [4.69, 9.17) is 16.3 Å². The first-order chi connectivity index (χ1) is 13.5. The van der Waals surface area contributed by atoms with Crippen LogP contribution >= 0.6 is 11.6 Å². The summed E-state index contributed by atoms with van der Waals surface area (Å²) >= 11 is 5.95. The molecule has 3 amide bonds. The van der Waals surface area contributed by atoms with Crippen LogP contribution in [0, 0.1) is 0 Å². The van der Waals surface area contributed by atoms with Gasteiger partial charge in [-0.1, -0.05) is 54.1 Å². The van der Waals surface area contributed by atoms with Crippen molar-refractivity contribution in [2.24, 2.45) is 0 Å². The van der Waals surface area contributed by atoms with Crippen molar-refractivity contribution in [3.05, 3.63) is 65.2 Å². The largest absolute Gasteiger partial charge is 0.370 e. The van der Waals surface area contributed by atoms with Crippen LogP contribution in [-0.4, -0.2) is 48.9 Å². The Morgan fingerprint density at radius 1 is 1.04 bits per heavy atom. The monoisotopic (exact) mass is 401 g/mol. The molecule has 1 aliphatic rings. The summed E-state index contributed by atoms with van der Waals surface area (Å²) < 4.78 is 5.73. The molecule has 1 fully saturated rings. The molecule has 0 saturated carbocycles. The predicted molar refractivity (Wildman–Crippen MR) is 105 cm³/mol. The van der Waals surface area contributed by atoms with E-state index in [9.17, 15) is 14.4 Å². The van der Waals surface area contributed by atoms with Gasteiger partial charge < -0.3 is 20.3 Å². The molecule has 0 bridgehead atoms. The Morgan fingerprint density at radius 3 is 2.50 bits per heavy atom. The summed E-state index contributed by atoms with van der Waals surface area (Å²) in [4.78, 5) is 38.0. The van der Waals surface area contributed by atoms with Gasteiger partial charge in [0.2, 0.25) is 5.91 Å². The van der Waals surface area contributed by atoms with E-state index in [1.807, 2.05) is 30.3 Å². The molecule has 1 aliphatic heterocycles.